The predicted molar refractivity (Wildman–Crippen MR) is 123 cm³/mol. The number of allylic oxidation sites excluding steroid dienone is 1. The van der Waals surface area contributed by atoms with Crippen molar-refractivity contribution < 1.29 is 14.3 Å². The van der Waals surface area contributed by atoms with Gasteiger partial charge in [0.15, 0.2) is 22.2 Å². The topological polar surface area (TPSA) is 91.2 Å². The maximum Gasteiger partial charge on any atom is 0.239 e. The van der Waals surface area contributed by atoms with Crippen molar-refractivity contribution >= 4 is 34.1 Å². The first-order chi connectivity index (χ1) is 14.9. The van der Waals surface area contributed by atoms with E-state index in [1.807, 2.05) is 55.0 Å². The molecular weight excluding hydrogens is 434 g/mol. The quantitative estimate of drug-likeness (QED) is 0.353. The van der Waals surface area contributed by atoms with Gasteiger partial charge in [0.25, 0.3) is 0 Å². The van der Waals surface area contributed by atoms with E-state index in [0.29, 0.717) is 28.4 Å². The highest BCUT2D eigenvalue weighted by molar-refractivity contribution is 8.00. The van der Waals surface area contributed by atoms with Crippen LogP contribution in [0.1, 0.15) is 31.5 Å². The Labute approximate surface area is 189 Å². The van der Waals surface area contributed by atoms with Gasteiger partial charge in [0.05, 0.1) is 18.1 Å². The van der Waals surface area contributed by atoms with Gasteiger partial charge in [-0.25, -0.2) is 4.98 Å². The van der Waals surface area contributed by atoms with Crippen LogP contribution in [0.4, 0.5) is 5.13 Å². The Balaban J connectivity index is 1.71. The number of methoxy groups -OCH3 is 1. The summed E-state index contributed by atoms with van der Waals surface area (Å²) in [5.74, 6) is 1.97. The molecule has 0 saturated heterocycles. The van der Waals surface area contributed by atoms with Gasteiger partial charge >= 0.3 is 0 Å². The number of aromatic nitrogens is 4. The fourth-order valence-electron chi connectivity index (χ4n) is 2.73. The van der Waals surface area contributed by atoms with E-state index in [2.05, 4.69) is 27.1 Å². The summed E-state index contributed by atoms with van der Waals surface area (Å²) in [7, 11) is 1.62. The van der Waals surface area contributed by atoms with E-state index in [1.54, 1.807) is 13.2 Å². The Morgan fingerprint density at radius 1 is 1.29 bits per heavy atom. The predicted octanol–water partition coefficient (Wildman–Crippen LogP) is 4.50. The minimum Gasteiger partial charge on any atom is -0.497 e. The first-order valence-electron chi connectivity index (χ1n) is 9.65. The molecule has 0 radical (unpaired) electrons. The normalized spacial score (nSPS) is 12.8. The van der Waals surface area contributed by atoms with Crippen LogP contribution >= 0.6 is 23.1 Å². The lowest BCUT2D eigenvalue weighted by atomic mass is 10.3. The van der Waals surface area contributed by atoms with Gasteiger partial charge in [-0.05, 0) is 45.0 Å². The molecule has 2 heterocycles. The number of thiazole rings is 1. The third-order valence-corrected chi connectivity index (χ3v) is 6.25. The van der Waals surface area contributed by atoms with Crippen LogP contribution in [0.3, 0.4) is 0 Å². The van der Waals surface area contributed by atoms with E-state index in [0.717, 1.165) is 11.4 Å². The molecule has 2 aromatic heterocycles. The summed E-state index contributed by atoms with van der Waals surface area (Å²) in [6.07, 6.45) is 1.41. The number of benzene rings is 1. The maximum absolute atomic E-state index is 12.6. The van der Waals surface area contributed by atoms with Crippen LogP contribution in [0, 0.1) is 6.92 Å². The fourth-order valence-corrected chi connectivity index (χ4v) is 4.29. The second kappa shape index (κ2) is 10.5. The number of rotatable bonds is 10. The number of carbonyl (C=O) groups is 1. The Morgan fingerprint density at radius 2 is 2.00 bits per heavy atom. The molecule has 8 nitrogen and oxygen atoms in total. The van der Waals surface area contributed by atoms with Crippen molar-refractivity contribution in [2.45, 2.75) is 43.8 Å². The molecule has 3 aromatic rings. The molecule has 164 valence electrons. The first kappa shape index (κ1) is 22.8. The number of amides is 1. The average Bonchev–Trinajstić information content (AvgIpc) is 3.34. The van der Waals surface area contributed by atoms with Crippen LogP contribution in [0.15, 0.2) is 47.5 Å². The van der Waals surface area contributed by atoms with Crippen LogP contribution in [0.25, 0.3) is 0 Å². The molecule has 0 saturated carbocycles. The second-order valence-corrected chi connectivity index (χ2v) is 8.89. The molecule has 2 unspecified atom stereocenters. The summed E-state index contributed by atoms with van der Waals surface area (Å²) in [6.45, 7) is 9.94. The molecule has 0 aliphatic rings. The Bertz CT molecular complexity index is 1030. The zero-order valence-electron chi connectivity index (χ0n) is 17.9. The number of thioether (sulfide) groups is 1. The molecule has 1 aromatic carbocycles. The van der Waals surface area contributed by atoms with Gasteiger partial charge in [-0.1, -0.05) is 17.8 Å². The molecule has 0 aliphatic heterocycles. The van der Waals surface area contributed by atoms with Gasteiger partial charge in [-0.2, -0.15) is 0 Å². The van der Waals surface area contributed by atoms with Crippen LogP contribution < -0.4 is 14.8 Å². The van der Waals surface area contributed by atoms with E-state index >= 15 is 0 Å². The van der Waals surface area contributed by atoms with Gasteiger partial charge in [-0.3, -0.25) is 9.36 Å². The van der Waals surface area contributed by atoms with E-state index in [1.165, 1.54) is 23.1 Å². The first-order valence-corrected chi connectivity index (χ1v) is 11.4. The number of nitrogens with one attached hydrogen (secondary N) is 1. The Morgan fingerprint density at radius 3 is 2.61 bits per heavy atom. The summed E-state index contributed by atoms with van der Waals surface area (Å²) in [5.41, 5.74) is 0.877. The highest BCUT2D eigenvalue weighted by atomic mass is 32.2. The van der Waals surface area contributed by atoms with Crippen LogP contribution in [-0.2, 0) is 11.3 Å². The lowest BCUT2D eigenvalue weighted by Gasteiger charge is -2.16. The molecule has 0 spiro atoms. The summed E-state index contributed by atoms with van der Waals surface area (Å²) in [4.78, 5) is 16.8. The lowest BCUT2D eigenvalue weighted by Crippen LogP contribution is -2.23. The molecule has 10 heteroatoms. The number of aryl methyl sites for hydroxylation is 1. The third-order valence-electron chi connectivity index (χ3n) is 4.29. The van der Waals surface area contributed by atoms with Crippen LogP contribution in [0.2, 0.25) is 0 Å². The van der Waals surface area contributed by atoms with Crippen molar-refractivity contribution in [1.29, 1.82) is 0 Å². The molecule has 0 bridgehead atoms. The van der Waals surface area contributed by atoms with Crippen molar-refractivity contribution in [3.8, 4) is 11.5 Å². The van der Waals surface area contributed by atoms with Gasteiger partial charge in [-0.15, -0.1) is 28.1 Å². The third kappa shape index (κ3) is 5.86. The highest BCUT2D eigenvalue weighted by Crippen LogP contribution is 2.28. The van der Waals surface area contributed by atoms with E-state index in [-0.39, 0.29) is 17.3 Å². The highest BCUT2D eigenvalue weighted by Gasteiger charge is 2.23. The molecule has 1 N–H and O–H groups in total. The molecule has 0 aliphatic carbocycles. The monoisotopic (exact) mass is 459 g/mol. The smallest absolute Gasteiger partial charge is 0.239 e. The summed E-state index contributed by atoms with van der Waals surface area (Å²) in [5, 5.41) is 14.2. The van der Waals surface area contributed by atoms with Gasteiger partial charge in [0.1, 0.15) is 11.5 Å². The maximum atomic E-state index is 12.6. The number of hydrogen-bond donors (Lipinski definition) is 1. The van der Waals surface area contributed by atoms with Crippen LogP contribution in [-0.4, -0.2) is 38.0 Å². The van der Waals surface area contributed by atoms with Crippen LogP contribution in [0.5, 0.6) is 11.5 Å². The van der Waals surface area contributed by atoms with Crippen molar-refractivity contribution in [2.24, 2.45) is 0 Å². The largest absolute Gasteiger partial charge is 0.497 e. The Hall–Kier alpha value is -2.85. The number of hydrogen-bond acceptors (Lipinski definition) is 8. The number of nitrogens with zero attached hydrogens (tertiary/aromatic N) is 4. The molecule has 31 heavy (non-hydrogen) atoms. The molecule has 1 amide bonds. The average molecular weight is 460 g/mol. The SMILES string of the molecule is C=CCn1c(SC(C)C(=O)Nc2nc(C)cs2)nnc1C(C)Oc1ccc(OC)cc1. The number of ether oxygens (including phenoxy) is 2. The van der Waals surface area contributed by atoms with Crippen molar-refractivity contribution in [2.75, 3.05) is 12.4 Å². The zero-order chi connectivity index (χ0) is 22.4. The molecule has 2 atom stereocenters. The second-order valence-electron chi connectivity index (χ2n) is 6.72. The minimum atomic E-state index is -0.386. The van der Waals surface area contributed by atoms with E-state index in [9.17, 15) is 4.79 Å². The molecule has 0 fully saturated rings. The minimum absolute atomic E-state index is 0.142. The van der Waals surface area contributed by atoms with Gasteiger partial charge in [0, 0.05) is 11.9 Å². The zero-order valence-corrected chi connectivity index (χ0v) is 19.5. The van der Waals surface area contributed by atoms with E-state index in [4.69, 9.17) is 9.47 Å². The van der Waals surface area contributed by atoms with Gasteiger partial charge in [0.2, 0.25) is 5.91 Å². The summed E-state index contributed by atoms with van der Waals surface area (Å²) < 4.78 is 13.1. The number of anilines is 1. The van der Waals surface area contributed by atoms with Gasteiger partial charge < -0.3 is 14.8 Å². The Kier molecular flexibility index (Phi) is 7.69. The molecular formula is C21H25N5O3S2. The summed E-state index contributed by atoms with van der Waals surface area (Å²) >= 11 is 2.73. The summed E-state index contributed by atoms with van der Waals surface area (Å²) in [6, 6.07) is 7.35. The fraction of sp³-hybridized carbons (Fsp3) is 0.333. The lowest BCUT2D eigenvalue weighted by molar-refractivity contribution is -0.115. The van der Waals surface area contributed by atoms with E-state index < -0.39 is 0 Å². The molecule has 3 rings (SSSR count). The van der Waals surface area contributed by atoms with Crippen molar-refractivity contribution in [3.05, 3.63) is 53.8 Å². The number of carbonyl (C=O) groups excluding carboxylic acids is 1. The van der Waals surface area contributed by atoms with Crippen molar-refractivity contribution in [3.63, 3.8) is 0 Å². The standard InChI is InChI=1S/C21H25N5O3S2/c1-6-11-26-18(14(3)29-17-9-7-16(28-5)8-10-17)24-25-21(26)31-15(4)19(27)23-20-22-13(2)12-30-20/h6-10,12,14-15H,1,11H2,2-5H3,(H,22,23,27). The van der Waals surface area contributed by atoms with Crippen molar-refractivity contribution in [1.82, 2.24) is 19.7 Å².